The van der Waals surface area contributed by atoms with E-state index in [1.807, 2.05) is 24.4 Å². The van der Waals surface area contributed by atoms with Crippen LogP contribution in [0, 0.1) is 0 Å². The first-order chi connectivity index (χ1) is 11.3. The summed E-state index contributed by atoms with van der Waals surface area (Å²) in [7, 11) is 1.72. The molecule has 1 atom stereocenters. The second kappa shape index (κ2) is 7.44. The van der Waals surface area contributed by atoms with E-state index in [1.165, 1.54) is 11.3 Å². The second-order valence-electron chi connectivity index (χ2n) is 5.73. The number of hydrogen-bond donors (Lipinski definition) is 1. The van der Waals surface area contributed by atoms with Crippen molar-refractivity contribution in [1.82, 2.24) is 9.88 Å². The number of anilines is 1. The van der Waals surface area contributed by atoms with E-state index in [1.54, 1.807) is 13.3 Å². The molecular weight excluding hydrogens is 288 g/mol. The van der Waals surface area contributed by atoms with Crippen molar-refractivity contribution in [2.45, 2.75) is 6.04 Å². The molecule has 0 radical (unpaired) electrons. The van der Waals surface area contributed by atoms with Crippen LogP contribution in [-0.2, 0) is 0 Å². The summed E-state index contributed by atoms with van der Waals surface area (Å²) in [5.41, 5.74) is 8.39. The lowest BCUT2D eigenvalue weighted by Crippen LogP contribution is -2.49. The quantitative estimate of drug-likeness (QED) is 0.914. The second-order valence-corrected chi connectivity index (χ2v) is 5.73. The van der Waals surface area contributed by atoms with Gasteiger partial charge in [-0.3, -0.25) is 9.88 Å². The van der Waals surface area contributed by atoms with E-state index in [-0.39, 0.29) is 6.04 Å². The number of hydrogen-bond acceptors (Lipinski definition) is 5. The highest BCUT2D eigenvalue weighted by Crippen LogP contribution is 2.29. The SMILES string of the molecule is COc1ccccc1N1CCN(C(CN)c2cccnc2)CC1. The molecule has 3 rings (SSSR count). The van der Waals surface area contributed by atoms with Gasteiger partial charge in [0.05, 0.1) is 12.8 Å². The molecular formula is C18H24N4O. The van der Waals surface area contributed by atoms with Crippen LogP contribution in [0.15, 0.2) is 48.8 Å². The molecule has 2 N–H and O–H groups in total. The highest BCUT2D eigenvalue weighted by Gasteiger charge is 2.25. The summed E-state index contributed by atoms with van der Waals surface area (Å²) in [5.74, 6) is 0.934. The number of pyridine rings is 1. The van der Waals surface area contributed by atoms with Crippen molar-refractivity contribution in [2.75, 3.05) is 44.7 Å². The van der Waals surface area contributed by atoms with Crippen LogP contribution in [0.5, 0.6) is 5.75 Å². The lowest BCUT2D eigenvalue weighted by atomic mass is 10.1. The Balaban J connectivity index is 1.68. The maximum absolute atomic E-state index is 6.02. The largest absolute Gasteiger partial charge is 0.495 e. The molecule has 2 heterocycles. The van der Waals surface area contributed by atoms with Gasteiger partial charge in [0.1, 0.15) is 5.75 Å². The van der Waals surface area contributed by atoms with Crippen LogP contribution in [0.1, 0.15) is 11.6 Å². The van der Waals surface area contributed by atoms with Gasteiger partial charge in [0.2, 0.25) is 0 Å². The molecule has 1 aliphatic rings. The van der Waals surface area contributed by atoms with Crippen LogP contribution < -0.4 is 15.4 Å². The maximum Gasteiger partial charge on any atom is 0.142 e. The molecule has 5 heteroatoms. The summed E-state index contributed by atoms with van der Waals surface area (Å²) in [6, 6.07) is 12.5. The van der Waals surface area contributed by atoms with Gasteiger partial charge < -0.3 is 15.4 Å². The number of rotatable bonds is 5. The van der Waals surface area contributed by atoms with Gasteiger partial charge in [-0.2, -0.15) is 0 Å². The van der Waals surface area contributed by atoms with Crippen molar-refractivity contribution in [3.63, 3.8) is 0 Å². The van der Waals surface area contributed by atoms with Crippen molar-refractivity contribution >= 4 is 5.69 Å². The van der Waals surface area contributed by atoms with Gasteiger partial charge in [0.15, 0.2) is 0 Å². The van der Waals surface area contributed by atoms with Gasteiger partial charge in [-0.1, -0.05) is 18.2 Å². The summed E-state index contributed by atoms with van der Waals surface area (Å²) in [5, 5.41) is 0. The zero-order valence-electron chi connectivity index (χ0n) is 13.6. The number of para-hydroxylation sites is 2. The molecule has 1 saturated heterocycles. The standard InChI is InChI=1S/C18H24N4O/c1-23-18-7-3-2-6-16(18)21-9-11-22(12-10-21)17(13-19)15-5-4-8-20-14-15/h2-8,14,17H,9-13,19H2,1H3. The van der Waals surface area contributed by atoms with Gasteiger partial charge in [0.25, 0.3) is 0 Å². The predicted molar refractivity (Wildman–Crippen MR) is 92.8 cm³/mol. The Morgan fingerprint density at radius 1 is 1.13 bits per heavy atom. The normalized spacial score (nSPS) is 17.0. The van der Waals surface area contributed by atoms with Crippen molar-refractivity contribution in [2.24, 2.45) is 5.73 Å². The lowest BCUT2D eigenvalue weighted by Gasteiger charge is -2.40. The van der Waals surface area contributed by atoms with Gasteiger partial charge in [-0.15, -0.1) is 0 Å². The molecule has 1 aromatic carbocycles. The third kappa shape index (κ3) is 3.46. The molecule has 0 bridgehead atoms. The molecule has 0 saturated carbocycles. The lowest BCUT2D eigenvalue weighted by molar-refractivity contribution is 0.189. The average Bonchev–Trinajstić information content (AvgIpc) is 2.64. The zero-order chi connectivity index (χ0) is 16.1. The van der Waals surface area contributed by atoms with Gasteiger partial charge in [-0.05, 0) is 23.8 Å². The molecule has 23 heavy (non-hydrogen) atoms. The Kier molecular flexibility index (Phi) is 5.10. The molecule has 1 fully saturated rings. The molecule has 0 aliphatic carbocycles. The summed E-state index contributed by atoms with van der Waals surface area (Å²) in [6.45, 7) is 4.51. The minimum atomic E-state index is 0.239. The third-order valence-electron chi connectivity index (χ3n) is 4.47. The van der Waals surface area contributed by atoms with E-state index >= 15 is 0 Å². The first-order valence-corrected chi connectivity index (χ1v) is 8.05. The summed E-state index contributed by atoms with van der Waals surface area (Å²) >= 11 is 0. The average molecular weight is 312 g/mol. The van der Waals surface area contributed by atoms with Gasteiger partial charge in [-0.25, -0.2) is 0 Å². The Morgan fingerprint density at radius 3 is 2.57 bits per heavy atom. The van der Waals surface area contributed by atoms with Crippen molar-refractivity contribution in [3.8, 4) is 5.75 Å². The van der Waals surface area contributed by atoms with E-state index in [9.17, 15) is 0 Å². The number of nitrogens with zero attached hydrogens (tertiary/aromatic N) is 3. The Hall–Kier alpha value is -2.11. The van der Waals surface area contributed by atoms with Crippen LogP contribution in [0.25, 0.3) is 0 Å². The van der Waals surface area contributed by atoms with Crippen molar-refractivity contribution < 1.29 is 4.74 Å². The minimum Gasteiger partial charge on any atom is -0.495 e. The topological polar surface area (TPSA) is 54.6 Å². The highest BCUT2D eigenvalue weighted by atomic mass is 16.5. The molecule has 1 unspecified atom stereocenters. The molecule has 5 nitrogen and oxygen atoms in total. The third-order valence-corrected chi connectivity index (χ3v) is 4.47. The summed E-state index contributed by atoms with van der Waals surface area (Å²) < 4.78 is 5.48. The van der Waals surface area contributed by atoms with Gasteiger partial charge >= 0.3 is 0 Å². The first-order valence-electron chi connectivity index (χ1n) is 8.05. The number of methoxy groups -OCH3 is 1. The summed E-state index contributed by atoms with van der Waals surface area (Å²) in [6.07, 6.45) is 3.72. The van der Waals surface area contributed by atoms with E-state index in [0.29, 0.717) is 6.54 Å². The molecule has 2 aromatic rings. The maximum atomic E-state index is 6.02. The van der Waals surface area contributed by atoms with Gasteiger partial charge in [0, 0.05) is 51.2 Å². The van der Waals surface area contributed by atoms with E-state index < -0.39 is 0 Å². The molecule has 0 amide bonds. The monoisotopic (exact) mass is 312 g/mol. The molecule has 1 aliphatic heterocycles. The van der Waals surface area contributed by atoms with Crippen molar-refractivity contribution in [1.29, 1.82) is 0 Å². The van der Waals surface area contributed by atoms with Crippen molar-refractivity contribution in [3.05, 3.63) is 54.4 Å². The van der Waals surface area contributed by atoms with E-state index in [4.69, 9.17) is 10.5 Å². The number of benzene rings is 1. The molecule has 0 spiro atoms. The number of nitrogens with two attached hydrogens (primary N) is 1. The van der Waals surface area contributed by atoms with Crippen LogP contribution in [0.4, 0.5) is 5.69 Å². The smallest absolute Gasteiger partial charge is 0.142 e. The van der Waals surface area contributed by atoms with Crippen LogP contribution in [0.3, 0.4) is 0 Å². The molecule has 1 aromatic heterocycles. The van der Waals surface area contributed by atoms with Crippen LogP contribution in [0.2, 0.25) is 0 Å². The fourth-order valence-corrected chi connectivity index (χ4v) is 3.23. The Morgan fingerprint density at radius 2 is 1.91 bits per heavy atom. The number of aromatic nitrogens is 1. The Labute approximate surface area is 137 Å². The van der Waals surface area contributed by atoms with E-state index in [2.05, 4.69) is 33.0 Å². The summed E-state index contributed by atoms with van der Waals surface area (Å²) in [4.78, 5) is 9.05. The highest BCUT2D eigenvalue weighted by molar-refractivity contribution is 5.58. The fraction of sp³-hybridized carbons (Fsp3) is 0.389. The molecule has 122 valence electrons. The zero-order valence-corrected chi connectivity index (χ0v) is 13.6. The van der Waals surface area contributed by atoms with Crippen LogP contribution >= 0.6 is 0 Å². The fourth-order valence-electron chi connectivity index (χ4n) is 3.23. The van der Waals surface area contributed by atoms with E-state index in [0.717, 1.165) is 31.9 Å². The minimum absolute atomic E-state index is 0.239. The predicted octanol–water partition coefficient (Wildman–Crippen LogP) is 1.91. The number of piperazine rings is 1. The number of ether oxygens (including phenoxy) is 1. The Bertz CT molecular complexity index is 611. The first kappa shape index (κ1) is 15.8. The van der Waals surface area contributed by atoms with Crippen LogP contribution in [-0.4, -0.2) is 49.7 Å².